The predicted molar refractivity (Wildman–Crippen MR) is 55.0 cm³/mol. The molecule has 0 radical (unpaired) electrons. The average molecular weight is 240 g/mol. The zero-order valence-corrected chi connectivity index (χ0v) is 8.81. The highest BCUT2D eigenvalue weighted by atomic mass is 35.5. The lowest BCUT2D eigenvalue weighted by atomic mass is 10.3. The summed E-state index contributed by atoms with van der Waals surface area (Å²) in [5.74, 6) is -0.550. The minimum Gasteiger partial charge on any atom is -0.223 e. The fraction of sp³-hybridized carbons (Fsp3) is 0. The van der Waals surface area contributed by atoms with Crippen LogP contribution >= 0.6 is 22.9 Å². The monoisotopic (exact) mass is 239 g/mol. The molecule has 0 saturated heterocycles. The fourth-order valence-corrected chi connectivity index (χ4v) is 1.97. The Labute approximate surface area is 93.8 Å². The van der Waals surface area contributed by atoms with E-state index in [1.165, 1.54) is 0 Å². The summed E-state index contributed by atoms with van der Waals surface area (Å²) in [7, 11) is 0. The summed E-state index contributed by atoms with van der Waals surface area (Å²) >= 11 is 6.72. The van der Waals surface area contributed by atoms with Gasteiger partial charge in [-0.1, -0.05) is 0 Å². The first-order valence-corrected chi connectivity index (χ1v) is 5.08. The molecule has 0 spiro atoms. The highest BCUT2D eigenvalue weighted by molar-refractivity contribution is 7.15. The van der Waals surface area contributed by atoms with E-state index in [9.17, 15) is 4.39 Å². The van der Waals surface area contributed by atoms with E-state index in [0.717, 1.165) is 17.5 Å². The van der Waals surface area contributed by atoms with Crippen molar-refractivity contribution in [3.8, 4) is 16.6 Å². The molecule has 0 amide bonds. The standard InChI is InChI=1S/C9H3ClFN3S/c10-9-13-4-6(11)8(14-9)7-2-1-5(3-12)15-7/h1-2,4H. The minimum atomic E-state index is -0.550. The van der Waals surface area contributed by atoms with E-state index in [2.05, 4.69) is 9.97 Å². The fourth-order valence-electron chi connectivity index (χ4n) is 1.04. The van der Waals surface area contributed by atoms with E-state index in [1.807, 2.05) is 6.07 Å². The second-order valence-electron chi connectivity index (χ2n) is 2.61. The van der Waals surface area contributed by atoms with Gasteiger partial charge in [0.15, 0.2) is 5.82 Å². The maximum atomic E-state index is 13.3. The number of nitriles is 1. The van der Waals surface area contributed by atoms with Crippen LogP contribution in [0.2, 0.25) is 5.28 Å². The zero-order valence-electron chi connectivity index (χ0n) is 7.24. The lowest BCUT2D eigenvalue weighted by molar-refractivity contribution is 0.618. The SMILES string of the molecule is N#Cc1ccc(-c2nc(Cl)ncc2F)s1. The van der Waals surface area contributed by atoms with Gasteiger partial charge in [0.25, 0.3) is 0 Å². The van der Waals surface area contributed by atoms with Gasteiger partial charge in [0.2, 0.25) is 5.28 Å². The maximum absolute atomic E-state index is 13.3. The van der Waals surface area contributed by atoms with Crippen LogP contribution in [-0.2, 0) is 0 Å². The van der Waals surface area contributed by atoms with E-state index in [-0.39, 0.29) is 11.0 Å². The van der Waals surface area contributed by atoms with Crippen molar-refractivity contribution in [2.45, 2.75) is 0 Å². The van der Waals surface area contributed by atoms with Crippen molar-refractivity contribution in [3.63, 3.8) is 0 Å². The van der Waals surface area contributed by atoms with Crippen molar-refractivity contribution < 1.29 is 4.39 Å². The first-order valence-electron chi connectivity index (χ1n) is 3.89. The first-order chi connectivity index (χ1) is 7.20. The summed E-state index contributed by atoms with van der Waals surface area (Å²) in [6.45, 7) is 0. The number of halogens is 2. The Morgan fingerprint density at radius 1 is 1.47 bits per heavy atom. The number of hydrogen-bond acceptors (Lipinski definition) is 4. The van der Waals surface area contributed by atoms with Gasteiger partial charge in [-0.25, -0.2) is 14.4 Å². The zero-order chi connectivity index (χ0) is 10.8. The van der Waals surface area contributed by atoms with E-state index in [0.29, 0.717) is 9.75 Å². The number of rotatable bonds is 1. The molecule has 0 N–H and O–H groups in total. The molecule has 0 bridgehead atoms. The van der Waals surface area contributed by atoms with Crippen molar-refractivity contribution in [2.75, 3.05) is 0 Å². The van der Waals surface area contributed by atoms with Crippen molar-refractivity contribution in [2.24, 2.45) is 0 Å². The number of hydrogen-bond donors (Lipinski definition) is 0. The summed E-state index contributed by atoms with van der Waals surface area (Å²) < 4.78 is 13.3. The minimum absolute atomic E-state index is 0.0155. The molecular weight excluding hydrogens is 237 g/mol. The summed E-state index contributed by atoms with van der Waals surface area (Å²) in [5, 5.41) is 8.61. The van der Waals surface area contributed by atoms with Crippen LogP contribution < -0.4 is 0 Å². The Balaban J connectivity index is 2.54. The highest BCUT2D eigenvalue weighted by Gasteiger charge is 2.10. The van der Waals surface area contributed by atoms with Gasteiger partial charge in [0.05, 0.1) is 11.1 Å². The Bertz CT molecular complexity index is 547. The van der Waals surface area contributed by atoms with Crippen LogP contribution in [0.5, 0.6) is 0 Å². The van der Waals surface area contributed by atoms with Gasteiger partial charge in [-0.05, 0) is 23.7 Å². The summed E-state index contributed by atoms with van der Waals surface area (Å²) in [6.07, 6.45) is 1.01. The van der Waals surface area contributed by atoms with Crippen LogP contribution in [0.4, 0.5) is 4.39 Å². The van der Waals surface area contributed by atoms with Crippen molar-refractivity contribution in [3.05, 3.63) is 34.3 Å². The molecule has 0 aliphatic rings. The molecule has 3 nitrogen and oxygen atoms in total. The maximum Gasteiger partial charge on any atom is 0.223 e. The van der Waals surface area contributed by atoms with Crippen LogP contribution in [0, 0.1) is 17.1 Å². The summed E-state index contributed by atoms with van der Waals surface area (Å²) in [6, 6.07) is 5.21. The van der Waals surface area contributed by atoms with E-state index < -0.39 is 5.82 Å². The lowest BCUT2D eigenvalue weighted by Crippen LogP contribution is -1.90. The topological polar surface area (TPSA) is 49.6 Å². The van der Waals surface area contributed by atoms with Gasteiger partial charge >= 0.3 is 0 Å². The smallest absolute Gasteiger partial charge is 0.223 e. The molecule has 2 rings (SSSR count). The molecule has 15 heavy (non-hydrogen) atoms. The molecule has 0 atom stereocenters. The van der Waals surface area contributed by atoms with Gasteiger partial charge in [0.1, 0.15) is 16.6 Å². The van der Waals surface area contributed by atoms with Gasteiger partial charge in [-0.3, -0.25) is 0 Å². The molecule has 0 fully saturated rings. The predicted octanol–water partition coefficient (Wildman–Crippen LogP) is 2.87. The van der Waals surface area contributed by atoms with E-state index in [1.54, 1.807) is 12.1 Å². The molecule has 0 aromatic carbocycles. The molecule has 0 saturated carbocycles. The number of aromatic nitrogens is 2. The van der Waals surface area contributed by atoms with Crippen LogP contribution in [0.1, 0.15) is 4.88 Å². The third kappa shape index (κ3) is 1.96. The molecular formula is C9H3ClFN3S. The summed E-state index contributed by atoms with van der Waals surface area (Å²) in [4.78, 5) is 8.34. The first kappa shape index (κ1) is 10.0. The molecule has 0 aliphatic carbocycles. The van der Waals surface area contributed by atoms with Crippen molar-refractivity contribution >= 4 is 22.9 Å². The average Bonchev–Trinajstić information content (AvgIpc) is 2.70. The number of nitrogens with zero attached hydrogens (tertiary/aromatic N) is 3. The molecule has 0 unspecified atom stereocenters. The van der Waals surface area contributed by atoms with Crippen LogP contribution in [-0.4, -0.2) is 9.97 Å². The third-order valence-electron chi connectivity index (χ3n) is 1.66. The van der Waals surface area contributed by atoms with E-state index >= 15 is 0 Å². The van der Waals surface area contributed by atoms with Crippen LogP contribution in [0.15, 0.2) is 18.3 Å². The molecule has 2 heterocycles. The highest BCUT2D eigenvalue weighted by Crippen LogP contribution is 2.28. The second kappa shape index (κ2) is 3.93. The molecule has 6 heteroatoms. The van der Waals surface area contributed by atoms with Gasteiger partial charge in [-0.15, -0.1) is 11.3 Å². The Hall–Kier alpha value is -1.51. The summed E-state index contributed by atoms with van der Waals surface area (Å²) in [5.41, 5.74) is 0.126. The molecule has 2 aromatic heterocycles. The second-order valence-corrected chi connectivity index (χ2v) is 4.03. The third-order valence-corrected chi connectivity index (χ3v) is 2.84. The van der Waals surface area contributed by atoms with Gasteiger partial charge in [0, 0.05) is 0 Å². The normalized spacial score (nSPS) is 9.93. The van der Waals surface area contributed by atoms with Crippen molar-refractivity contribution in [1.29, 1.82) is 5.26 Å². The Kier molecular flexibility index (Phi) is 2.62. The largest absolute Gasteiger partial charge is 0.223 e. The number of thiophene rings is 1. The van der Waals surface area contributed by atoms with Gasteiger partial charge in [-0.2, -0.15) is 5.26 Å². The molecule has 74 valence electrons. The van der Waals surface area contributed by atoms with Crippen molar-refractivity contribution in [1.82, 2.24) is 9.97 Å². The Morgan fingerprint density at radius 3 is 2.93 bits per heavy atom. The quantitative estimate of drug-likeness (QED) is 0.719. The molecule has 2 aromatic rings. The van der Waals surface area contributed by atoms with Crippen LogP contribution in [0.25, 0.3) is 10.6 Å². The van der Waals surface area contributed by atoms with Crippen LogP contribution in [0.3, 0.4) is 0 Å². The van der Waals surface area contributed by atoms with Gasteiger partial charge < -0.3 is 0 Å². The van der Waals surface area contributed by atoms with E-state index in [4.69, 9.17) is 16.9 Å². The Morgan fingerprint density at radius 2 is 2.27 bits per heavy atom. The molecule has 0 aliphatic heterocycles. The lowest BCUT2D eigenvalue weighted by Gasteiger charge is -1.97.